The number of imidazole rings is 1. The second kappa shape index (κ2) is 10.9. The predicted octanol–water partition coefficient (Wildman–Crippen LogP) is 5.76. The van der Waals surface area contributed by atoms with Crippen LogP contribution in [-0.4, -0.2) is 44.1 Å². The monoisotopic (exact) mass is 522 g/mol. The second-order valence-corrected chi connectivity index (χ2v) is 10.5. The van der Waals surface area contributed by atoms with Gasteiger partial charge in [-0.1, -0.05) is 41.9 Å². The molecular weight excluding hydrogens is 492 g/mol. The summed E-state index contributed by atoms with van der Waals surface area (Å²) in [5.74, 6) is -0.501. The van der Waals surface area contributed by atoms with E-state index >= 15 is 0 Å². The maximum absolute atomic E-state index is 11.3. The largest absolute Gasteiger partial charge is 0.481 e. The van der Waals surface area contributed by atoms with Crippen molar-refractivity contribution in [2.24, 2.45) is 5.92 Å². The number of fused-ring (bicyclic) bond motifs is 1. The normalized spacial score (nSPS) is 21.9. The third-order valence-corrected chi connectivity index (χ3v) is 7.58. The number of hydrogen-bond acceptors (Lipinski definition) is 5. The van der Waals surface area contributed by atoms with Gasteiger partial charge < -0.3 is 20.1 Å². The third kappa shape index (κ3) is 6.13. The molecule has 0 spiro atoms. The van der Waals surface area contributed by atoms with Gasteiger partial charge in [-0.3, -0.25) is 9.59 Å². The number of carbonyl (C=O) groups is 2. The van der Waals surface area contributed by atoms with Crippen molar-refractivity contribution in [1.29, 1.82) is 0 Å². The Morgan fingerprint density at radius 1 is 1.11 bits per heavy atom. The number of nitrogens with zero attached hydrogens (tertiary/aromatic N) is 2. The number of carboxylic acids is 1. The van der Waals surface area contributed by atoms with Crippen molar-refractivity contribution in [3.05, 3.63) is 47.0 Å². The molecule has 37 heavy (non-hydrogen) atoms. The number of nitrogens with one attached hydrogen (secondary N) is 2. The molecule has 2 aromatic heterocycles. The first-order valence-electron chi connectivity index (χ1n) is 12.9. The van der Waals surface area contributed by atoms with E-state index in [1.54, 1.807) is 6.92 Å². The molecule has 0 aliphatic heterocycles. The number of benzene rings is 1. The summed E-state index contributed by atoms with van der Waals surface area (Å²) in [4.78, 5) is 34.7. The molecule has 0 bridgehead atoms. The first kappa shape index (κ1) is 25.3. The van der Waals surface area contributed by atoms with E-state index in [0.29, 0.717) is 27.9 Å². The van der Waals surface area contributed by atoms with E-state index < -0.39 is 5.97 Å². The molecule has 194 valence electrons. The van der Waals surface area contributed by atoms with Crippen LogP contribution in [0.1, 0.15) is 63.9 Å². The van der Waals surface area contributed by atoms with Gasteiger partial charge in [-0.15, -0.1) is 0 Å². The van der Waals surface area contributed by atoms with Crippen LogP contribution in [0.15, 0.2) is 36.4 Å². The van der Waals surface area contributed by atoms with Gasteiger partial charge in [0.25, 0.3) is 6.01 Å². The first-order chi connectivity index (χ1) is 17.8. The van der Waals surface area contributed by atoms with Crippen LogP contribution in [0.2, 0.25) is 5.02 Å². The molecule has 1 unspecified atom stereocenters. The lowest BCUT2D eigenvalue weighted by Crippen LogP contribution is -2.33. The number of halogens is 1. The van der Waals surface area contributed by atoms with Gasteiger partial charge >= 0.3 is 5.97 Å². The van der Waals surface area contributed by atoms with Crippen LogP contribution in [0.4, 0.5) is 0 Å². The third-order valence-electron chi connectivity index (χ3n) is 7.29. The fraction of sp³-hybridized carbons (Fsp3) is 0.429. The summed E-state index contributed by atoms with van der Waals surface area (Å²) in [7, 11) is 0. The van der Waals surface area contributed by atoms with Crippen molar-refractivity contribution in [3.63, 3.8) is 0 Å². The summed E-state index contributed by atoms with van der Waals surface area (Å²) in [6.45, 7) is 1.56. The zero-order valence-electron chi connectivity index (χ0n) is 20.8. The summed E-state index contributed by atoms with van der Waals surface area (Å²) in [6.07, 6.45) is 8.44. The zero-order valence-corrected chi connectivity index (χ0v) is 21.6. The number of allylic oxidation sites excluding steroid dienone is 1. The van der Waals surface area contributed by atoms with Crippen LogP contribution >= 0.6 is 11.6 Å². The summed E-state index contributed by atoms with van der Waals surface area (Å²) in [5.41, 5.74) is 5.27. The van der Waals surface area contributed by atoms with Crippen molar-refractivity contribution in [3.8, 4) is 17.3 Å². The Bertz CT molecular complexity index is 1330. The molecule has 5 rings (SSSR count). The zero-order chi connectivity index (χ0) is 25.9. The van der Waals surface area contributed by atoms with Gasteiger partial charge in [0.05, 0.1) is 16.2 Å². The highest BCUT2D eigenvalue weighted by atomic mass is 35.5. The quantitative estimate of drug-likeness (QED) is 0.363. The lowest BCUT2D eigenvalue weighted by molar-refractivity contribution is -0.138. The predicted molar refractivity (Wildman–Crippen MR) is 142 cm³/mol. The van der Waals surface area contributed by atoms with E-state index in [1.165, 1.54) is 5.57 Å². The number of aliphatic carboxylic acids is 1. The molecule has 1 atom stereocenters. The van der Waals surface area contributed by atoms with Crippen molar-refractivity contribution in [2.45, 2.75) is 70.4 Å². The topological polar surface area (TPSA) is 117 Å². The maximum atomic E-state index is 11.3. The van der Waals surface area contributed by atoms with Crippen LogP contribution in [0, 0.1) is 5.92 Å². The van der Waals surface area contributed by atoms with E-state index in [4.69, 9.17) is 26.4 Å². The van der Waals surface area contributed by atoms with Gasteiger partial charge in [-0.25, -0.2) is 4.98 Å². The number of carbonyl (C=O) groups excluding carboxylic acids is 1. The van der Waals surface area contributed by atoms with Crippen molar-refractivity contribution < 1.29 is 19.4 Å². The van der Waals surface area contributed by atoms with E-state index in [0.717, 1.165) is 56.1 Å². The lowest BCUT2D eigenvalue weighted by atomic mass is 9.85. The number of pyridine rings is 1. The molecule has 2 aliphatic rings. The minimum atomic E-state index is -0.738. The Balaban J connectivity index is 1.26. The Morgan fingerprint density at radius 3 is 2.49 bits per heavy atom. The molecule has 0 radical (unpaired) electrons. The van der Waals surface area contributed by atoms with Crippen LogP contribution in [0.25, 0.3) is 28.0 Å². The highest BCUT2D eigenvalue weighted by Crippen LogP contribution is 2.33. The van der Waals surface area contributed by atoms with E-state index in [2.05, 4.69) is 33.5 Å². The number of H-pyrrole nitrogens is 1. The van der Waals surface area contributed by atoms with Gasteiger partial charge in [-0.05, 0) is 68.1 Å². The summed E-state index contributed by atoms with van der Waals surface area (Å²) >= 11 is 6.60. The molecule has 1 amide bonds. The van der Waals surface area contributed by atoms with E-state index in [-0.39, 0.29) is 30.4 Å². The molecule has 0 saturated heterocycles. The smallest absolute Gasteiger partial charge is 0.303 e. The maximum Gasteiger partial charge on any atom is 0.303 e. The molecule has 1 saturated carbocycles. The molecular formula is C28H31ClN4O4. The average Bonchev–Trinajstić information content (AvgIpc) is 3.25. The number of aromatic nitrogens is 3. The molecule has 1 aromatic carbocycles. The number of hydrogen-bond donors (Lipinski definition) is 3. The van der Waals surface area contributed by atoms with Gasteiger partial charge in [0.1, 0.15) is 6.10 Å². The van der Waals surface area contributed by atoms with Crippen molar-refractivity contribution in [1.82, 2.24) is 20.3 Å². The van der Waals surface area contributed by atoms with E-state index in [1.807, 2.05) is 18.2 Å². The van der Waals surface area contributed by atoms with Crippen LogP contribution in [0.5, 0.6) is 6.01 Å². The molecule has 3 aromatic rings. The molecule has 2 heterocycles. The second-order valence-electron chi connectivity index (χ2n) is 10.1. The first-order valence-corrected chi connectivity index (χ1v) is 13.2. The van der Waals surface area contributed by atoms with Crippen LogP contribution < -0.4 is 10.1 Å². The average molecular weight is 523 g/mol. The lowest BCUT2D eigenvalue weighted by Gasteiger charge is -2.27. The molecule has 2 aliphatic carbocycles. The van der Waals surface area contributed by atoms with Gasteiger partial charge in [-0.2, -0.15) is 4.98 Å². The summed E-state index contributed by atoms with van der Waals surface area (Å²) < 4.78 is 6.06. The van der Waals surface area contributed by atoms with Gasteiger partial charge in [0.2, 0.25) is 5.91 Å². The molecule has 3 N–H and O–H groups in total. The number of rotatable bonds is 7. The molecule has 9 heteroatoms. The number of carboxylic acid groups (broad SMARTS) is 1. The highest BCUT2D eigenvalue weighted by molar-refractivity contribution is 6.33. The van der Waals surface area contributed by atoms with Gasteiger partial charge in [0, 0.05) is 24.9 Å². The van der Waals surface area contributed by atoms with Crippen molar-refractivity contribution >= 4 is 40.2 Å². The Hall–Kier alpha value is -3.39. The molecule has 8 nitrogen and oxygen atoms in total. The van der Waals surface area contributed by atoms with Crippen LogP contribution in [-0.2, 0) is 9.59 Å². The number of amides is 1. The molecule has 1 fully saturated rings. The van der Waals surface area contributed by atoms with Crippen molar-refractivity contribution in [2.75, 3.05) is 0 Å². The fourth-order valence-electron chi connectivity index (χ4n) is 5.37. The fourth-order valence-corrected chi connectivity index (χ4v) is 5.63. The minimum Gasteiger partial charge on any atom is -0.481 e. The summed E-state index contributed by atoms with van der Waals surface area (Å²) in [6, 6.07) is 10.7. The SMILES string of the molecule is CC(=O)NC1CC=C(c2ccc(-c3nc4nc(O[C@H]5CC[C@H](CC(=O)O)CC5)[nH]c4cc3Cl)cc2)CC1. The minimum absolute atomic E-state index is 0.00991. The summed E-state index contributed by atoms with van der Waals surface area (Å²) in [5, 5.41) is 12.5. The van der Waals surface area contributed by atoms with Crippen LogP contribution in [0.3, 0.4) is 0 Å². The van der Waals surface area contributed by atoms with Gasteiger partial charge in [0.15, 0.2) is 5.65 Å². The Kier molecular flexibility index (Phi) is 7.46. The highest BCUT2D eigenvalue weighted by Gasteiger charge is 2.25. The Morgan fingerprint density at radius 2 is 1.84 bits per heavy atom. The standard InChI is InChI=1S/C28H31ClN4O4/c1-16(34)30-21-10-8-19(9-11-21)18-4-6-20(7-5-18)26-23(29)15-24-27(32-26)33-28(31-24)37-22-12-2-17(3-13-22)14-25(35)36/h4-8,15,17,21-22H,2-3,9-14H2,1H3,(H,30,34)(H,35,36)(H,31,32,33)/t17-,21?,22-. The van der Waals surface area contributed by atoms with E-state index in [9.17, 15) is 9.59 Å². The Labute approximate surface area is 220 Å². The number of ether oxygens (including phenoxy) is 1. The number of aromatic amines is 1.